The molecule has 0 saturated heterocycles. The molecular weight excluding hydrogens is 446 g/mol. The van der Waals surface area contributed by atoms with Gasteiger partial charge in [-0.1, -0.05) is 17.7 Å². The molecule has 0 saturated carbocycles. The second-order valence-corrected chi connectivity index (χ2v) is 10.0. The molecule has 10 nitrogen and oxygen atoms in total. The molecule has 0 radical (unpaired) electrons. The largest absolute Gasteiger partial charge is 0.394 e. The Kier molecular flexibility index (Phi) is 6.52. The average molecular weight is 474 g/mol. The molecule has 0 fully saturated rings. The Morgan fingerprint density at radius 3 is 2.79 bits per heavy atom. The highest BCUT2D eigenvalue weighted by Crippen LogP contribution is 2.30. The van der Waals surface area contributed by atoms with Gasteiger partial charge < -0.3 is 15.7 Å². The number of sulfonamides is 1. The Morgan fingerprint density at radius 2 is 2.06 bits per heavy atom. The van der Waals surface area contributed by atoms with E-state index in [1.165, 1.54) is 24.5 Å². The van der Waals surface area contributed by atoms with E-state index >= 15 is 0 Å². The van der Waals surface area contributed by atoms with Crippen molar-refractivity contribution in [2.24, 2.45) is 0 Å². The summed E-state index contributed by atoms with van der Waals surface area (Å²) in [5.41, 5.74) is 2.77. The summed E-state index contributed by atoms with van der Waals surface area (Å²) in [6.45, 7) is 2.21. The molecule has 2 heterocycles. The zero-order valence-corrected chi connectivity index (χ0v) is 19.1. The number of hydrogen-bond acceptors (Lipinski definition) is 6. The first kappa shape index (κ1) is 23.0. The maximum absolute atomic E-state index is 13.2. The molecule has 1 aliphatic heterocycles. The van der Waals surface area contributed by atoms with Crippen LogP contribution in [0.3, 0.4) is 0 Å². The first-order valence-electron chi connectivity index (χ1n) is 10.8. The van der Waals surface area contributed by atoms with E-state index in [2.05, 4.69) is 15.7 Å². The number of aliphatic hydroxyl groups excluding tert-OH is 1. The zero-order chi connectivity index (χ0) is 23.6. The number of amides is 2. The highest BCUT2D eigenvalue weighted by atomic mass is 32.2. The molecule has 1 aliphatic carbocycles. The number of hydrogen-bond donors (Lipinski definition) is 3. The Hall–Kier alpha value is -3.18. The number of aliphatic hydroxyl groups is 1. The average Bonchev–Trinajstić information content (AvgIpc) is 3.19. The van der Waals surface area contributed by atoms with Crippen LogP contribution < -0.4 is 10.6 Å². The lowest BCUT2D eigenvalue weighted by molar-refractivity contribution is -0.129. The maximum atomic E-state index is 13.2. The molecule has 0 spiro atoms. The predicted molar refractivity (Wildman–Crippen MR) is 119 cm³/mol. The number of fused-ring (bicyclic) bond motifs is 1. The van der Waals surface area contributed by atoms with E-state index in [4.69, 9.17) is 0 Å². The smallest absolute Gasteiger partial charge is 0.264 e. The lowest BCUT2D eigenvalue weighted by Crippen LogP contribution is -2.51. The van der Waals surface area contributed by atoms with Crippen LogP contribution in [-0.4, -0.2) is 52.1 Å². The van der Waals surface area contributed by atoms with E-state index in [-0.39, 0.29) is 24.0 Å². The maximum Gasteiger partial charge on any atom is 0.264 e. The van der Waals surface area contributed by atoms with Crippen molar-refractivity contribution in [1.82, 2.24) is 24.7 Å². The summed E-state index contributed by atoms with van der Waals surface area (Å²) < 4.78 is 29.1. The lowest BCUT2D eigenvalue weighted by Gasteiger charge is -2.32. The number of carbonyl (C=O) groups is 2. The minimum absolute atomic E-state index is 0.0270. The number of nitrogens with one attached hydrogen (secondary N) is 2. The third-order valence-corrected chi connectivity index (χ3v) is 7.74. The van der Waals surface area contributed by atoms with Gasteiger partial charge in [0.25, 0.3) is 10.0 Å². The summed E-state index contributed by atoms with van der Waals surface area (Å²) in [4.78, 5) is 25.5. The van der Waals surface area contributed by atoms with Crippen LogP contribution in [0.1, 0.15) is 42.1 Å². The number of nitrogens with zero attached hydrogens (tertiary/aromatic N) is 3. The van der Waals surface area contributed by atoms with Crippen LogP contribution in [0, 0.1) is 6.92 Å². The zero-order valence-electron chi connectivity index (χ0n) is 18.3. The van der Waals surface area contributed by atoms with Gasteiger partial charge in [-0.2, -0.15) is 5.10 Å². The number of rotatable bonds is 7. The van der Waals surface area contributed by atoms with Gasteiger partial charge >= 0.3 is 0 Å². The number of benzene rings is 1. The van der Waals surface area contributed by atoms with Gasteiger partial charge in [0.2, 0.25) is 11.8 Å². The van der Waals surface area contributed by atoms with Crippen molar-refractivity contribution in [2.75, 3.05) is 6.61 Å². The van der Waals surface area contributed by atoms with E-state index in [9.17, 15) is 23.1 Å². The third kappa shape index (κ3) is 4.64. The minimum atomic E-state index is -4.02. The van der Waals surface area contributed by atoms with Crippen molar-refractivity contribution in [3.8, 4) is 0 Å². The molecule has 33 heavy (non-hydrogen) atoms. The third-order valence-electron chi connectivity index (χ3n) is 5.94. The van der Waals surface area contributed by atoms with Crippen molar-refractivity contribution in [3.05, 3.63) is 59.7 Å². The van der Waals surface area contributed by atoms with Crippen molar-refractivity contribution in [2.45, 2.75) is 56.1 Å². The van der Waals surface area contributed by atoms with Gasteiger partial charge in [-0.05, 0) is 38.3 Å². The SMILES string of the molecule is Cc1ccc(S(=O)(=O)N2C=CNC(=O)[C@H]2CC(=O)N[C@H]2CCCc3c2cnn3CCO)cc1. The molecule has 176 valence electrons. The van der Waals surface area contributed by atoms with Gasteiger partial charge in [-0.25, -0.2) is 8.42 Å². The predicted octanol–water partition coefficient (Wildman–Crippen LogP) is 0.728. The summed E-state index contributed by atoms with van der Waals surface area (Å²) in [5.74, 6) is -0.995. The van der Waals surface area contributed by atoms with E-state index in [1.807, 2.05) is 6.92 Å². The molecule has 11 heteroatoms. The second kappa shape index (κ2) is 9.36. The molecule has 2 atom stereocenters. The van der Waals surface area contributed by atoms with Crippen molar-refractivity contribution in [1.29, 1.82) is 0 Å². The highest BCUT2D eigenvalue weighted by Gasteiger charge is 2.37. The molecule has 2 amide bonds. The Morgan fingerprint density at radius 1 is 1.30 bits per heavy atom. The van der Waals surface area contributed by atoms with Crippen LogP contribution in [0.4, 0.5) is 0 Å². The van der Waals surface area contributed by atoms with Gasteiger partial charge in [0.15, 0.2) is 0 Å². The van der Waals surface area contributed by atoms with E-state index in [0.717, 1.165) is 34.0 Å². The fourth-order valence-electron chi connectivity index (χ4n) is 4.26. The second-order valence-electron chi connectivity index (χ2n) is 8.20. The fraction of sp³-hybridized carbons (Fsp3) is 0.409. The van der Waals surface area contributed by atoms with Crippen molar-refractivity contribution >= 4 is 21.8 Å². The molecule has 0 bridgehead atoms. The molecule has 2 aromatic rings. The summed E-state index contributed by atoms with van der Waals surface area (Å²) >= 11 is 0. The summed E-state index contributed by atoms with van der Waals surface area (Å²) in [7, 11) is -4.02. The number of aromatic nitrogens is 2. The Bertz CT molecular complexity index is 1170. The van der Waals surface area contributed by atoms with Crippen LogP contribution in [0.15, 0.2) is 47.8 Å². The van der Waals surface area contributed by atoms with Crippen LogP contribution in [0.2, 0.25) is 0 Å². The Labute approximate surface area is 192 Å². The first-order valence-corrected chi connectivity index (χ1v) is 12.3. The van der Waals surface area contributed by atoms with Crippen LogP contribution in [-0.2, 0) is 32.6 Å². The number of aryl methyl sites for hydroxylation is 1. The summed E-state index contributed by atoms with van der Waals surface area (Å²) in [6, 6.07) is 4.84. The van der Waals surface area contributed by atoms with Crippen LogP contribution in [0.5, 0.6) is 0 Å². The number of carbonyl (C=O) groups excluding carboxylic acids is 2. The fourth-order valence-corrected chi connectivity index (χ4v) is 5.71. The van der Waals surface area contributed by atoms with Gasteiger partial charge in [0.05, 0.1) is 36.7 Å². The molecular formula is C22H27N5O5S. The normalized spacial score (nSPS) is 20.3. The topological polar surface area (TPSA) is 134 Å². The molecule has 1 aromatic heterocycles. The lowest BCUT2D eigenvalue weighted by atomic mass is 9.92. The highest BCUT2D eigenvalue weighted by molar-refractivity contribution is 7.89. The van der Waals surface area contributed by atoms with Crippen molar-refractivity contribution in [3.63, 3.8) is 0 Å². The monoisotopic (exact) mass is 473 g/mol. The van der Waals surface area contributed by atoms with E-state index in [0.29, 0.717) is 13.0 Å². The molecule has 1 aromatic carbocycles. The van der Waals surface area contributed by atoms with Gasteiger partial charge in [-0.3, -0.25) is 18.6 Å². The Balaban J connectivity index is 1.51. The molecule has 3 N–H and O–H groups in total. The van der Waals surface area contributed by atoms with Gasteiger partial charge in [-0.15, -0.1) is 0 Å². The van der Waals surface area contributed by atoms with E-state index in [1.54, 1.807) is 23.0 Å². The minimum Gasteiger partial charge on any atom is -0.394 e. The molecule has 0 unspecified atom stereocenters. The van der Waals surface area contributed by atoms with E-state index < -0.39 is 27.9 Å². The summed E-state index contributed by atoms with van der Waals surface area (Å²) in [5, 5.41) is 18.9. The molecule has 4 rings (SSSR count). The molecule has 2 aliphatic rings. The van der Waals surface area contributed by atoms with Crippen molar-refractivity contribution < 1.29 is 23.1 Å². The summed E-state index contributed by atoms with van der Waals surface area (Å²) in [6.07, 6.45) is 6.26. The quantitative estimate of drug-likeness (QED) is 0.543. The van der Waals surface area contributed by atoms with Gasteiger partial charge in [0, 0.05) is 23.7 Å². The first-order chi connectivity index (χ1) is 15.8. The standard InChI is InChI=1S/C22H27N5O5S/c1-15-5-7-16(8-6-15)33(31,32)27-10-9-23-22(30)20(27)13-21(29)25-18-3-2-4-19-17(18)14-24-26(19)11-12-28/h5-10,14,18,20,28H,2-4,11-13H2,1H3,(H,23,30)(H,25,29)/t18-,20+/m0/s1. The van der Waals surface area contributed by atoms with Crippen LogP contribution in [0.25, 0.3) is 0 Å². The van der Waals surface area contributed by atoms with Crippen LogP contribution >= 0.6 is 0 Å². The van der Waals surface area contributed by atoms with Gasteiger partial charge in [0.1, 0.15) is 6.04 Å².